The Kier molecular flexibility index (Phi) is 4.05. The van der Waals surface area contributed by atoms with Gasteiger partial charge in [-0.3, -0.25) is 0 Å². The number of anilines is 1. The van der Waals surface area contributed by atoms with Gasteiger partial charge in [0.25, 0.3) is 0 Å². The maximum atomic E-state index is 5.88. The standard InChI is InChI=1S/C11H14BrClN2O/c1-16-9-3-2-4-15(7-9)11-10(12)5-8(13)6-14-11/h5-6,9H,2-4,7H2,1H3. The fourth-order valence-corrected chi connectivity index (χ4v) is 2.85. The first kappa shape index (κ1) is 12.1. The minimum Gasteiger partial charge on any atom is -0.380 e. The van der Waals surface area contributed by atoms with E-state index in [0.717, 1.165) is 36.2 Å². The molecule has 1 aromatic rings. The van der Waals surface area contributed by atoms with Crippen molar-refractivity contribution in [3.05, 3.63) is 21.8 Å². The summed E-state index contributed by atoms with van der Waals surface area (Å²) in [5.74, 6) is 0.950. The van der Waals surface area contributed by atoms with Crippen LogP contribution in [0, 0.1) is 0 Å². The van der Waals surface area contributed by atoms with Gasteiger partial charge in [-0.2, -0.15) is 0 Å². The second-order valence-electron chi connectivity index (χ2n) is 3.90. The zero-order valence-electron chi connectivity index (χ0n) is 9.12. The molecule has 88 valence electrons. The number of pyridine rings is 1. The molecule has 0 bridgehead atoms. The largest absolute Gasteiger partial charge is 0.380 e. The van der Waals surface area contributed by atoms with Crippen LogP contribution in [0.1, 0.15) is 12.8 Å². The first-order valence-corrected chi connectivity index (χ1v) is 6.46. The van der Waals surface area contributed by atoms with Gasteiger partial charge in [-0.1, -0.05) is 11.6 Å². The smallest absolute Gasteiger partial charge is 0.143 e. The Labute approximate surface area is 109 Å². The quantitative estimate of drug-likeness (QED) is 0.839. The van der Waals surface area contributed by atoms with E-state index in [1.807, 2.05) is 6.07 Å². The summed E-state index contributed by atoms with van der Waals surface area (Å²) in [6.45, 7) is 1.91. The van der Waals surface area contributed by atoms with E-state index < -0.39 is 0 Å². The van der Waals surface area contributed by atoms with E-state index >= 15 is 0 Å². The second-order valence-corrected chi connectivity index (χ2v) is 5.20. The van der Waals surface area contributed by atoms with Crippen molar-refractivity contribution in [2.75, 3.05) is 25.1 Å². The SMILES string of the molecule is COC1CCCN(c2ncc(Cl)cc2Br)C1. The molecule has 0 spiro atoms. The third kappa shape index (κ3) is 2.67. The van der Waals surface area contributed by atoms with Crippen molar-refractivity contribution in [1.29, 1.82) is 0 Å². The van der Waals surface area contributed by atoms with Crippen LogP contribution in [0.5, 0.6) is 0 Å². The highest BCUT2D eigenvalue weighted by Crippen LogP contribution is 2.28. The number of nitrogens with zero attached hydrogens (tertiary/aromatic N) is 2. The molecule has 1 unspecified atom stereocenters. The lowest BCUT2D eigenvalue weighted by molar-refractivity contribution is 0.0891. The summed E-state index contributed by atoms with van der Waals surface area (Å²) in [6.07, 6.45) is 4.24. The van der Waals surface area contributed by atoms with Gasteiger partial charge < -0.3 is 9.64 Å². The predicted octanol–water partition coefficient (Wildman–Crippen LogP) is 3.11. The highest BCUT2D eigenvalue weighted by atomic mass is 79.9. The number of methoxy groups -OCH3 is 1. The number of hydrogen-bond acceptors (Lipinski definition) is 3. The average molecular weight is 306 g/mol. The van der Waals surface area contributed by atoms with Crippen molar-refractivity contribution in [2.45, 2.75) is 18.9 Å². The normalized spacial score (nSPS) is 21.2. The predicted molar refractivity (Wildman–Crippen MR) is 69.2 cm³/mol. The molecule has 1 saturated heterocycles. The van der Waals surface area contributed by atoms with Crippen molar-refractivity contribution in [3.63, 3.8) is 0 Å². The molecule has 1 aliphatic rings. The van der Waals surface area contributed by atoms with Crippen LogP contribution in [0.4, 0.5) is 5.82 Å². The van der Waals surface area contributed by atoms with E-state index in [0.29, 0.717) is 11.1 Å². The van der Waals surface area contributed by atoms with Gasteiger partial charge >= 0.3 is 0 Å². The van der Waals surface area contributed by atoms with Gasteiger partial charge in [-0.25, -0.2) is 4.98 Å². The summed E-state index contributed by atoms with van der Waals surface area (Å²) < 4.78 is 6.34. The minimum atomic E-state index is 0.304. The van der Waals surface area contributed by atoms with E-state index in [-0.39, 0.29) is 0 Å². The second kappa shape index (κ2) is 5.34. The van der Waals surface area contributed by atoms with E-state index in [4.69, 9.17) is 16.3 Å². The lowest BCUT2D eigenvalue weighted by atomic mass is 10.1. The Morgan fingerprint density at radius 2 is 2.44 bits per heavy atom. The Morgan fingerprint density at radius 1 is 1.62 bits per heavy atom. The topological polar surface area (TPSA) is 25.4 Å². The molecule has 3 nitrogen and oxygen atoms in total. The number of rotatable bonds is 2. The molecule has 1 fully saturated rings. The summed E-state index contributed by atoms with van der Waals surface area (Å²) in [5.41, 5.74) is 0. The molecule has 0 saturated carbocycles. The fourth-order valence-electron chi connectivity index (χ4n) is 1.96. The molecule has 0 radical (unpaired) electrons. The Balaban J connectivity index is 2.16. The lowest BCUT2D eigenvalue weighted by Crippen LogP contribution is -2.39. The van der Waals surface area contributed by atoms with Crippen molar-refractivity contribution >= 4 is 33.3 Å². The molecule has 5 heteroatoms. The molecular weight excluding hydrogens is 291 g/mol. The first-order valence-electron chi connectivity index (χ1n) is 5.29. The molecule has 0 amide bonds. The van der Waals surface area contributed by atoms with E-state index in [9.17, 15) is 0 Å². The Morgan fingerprint density at radius 3 is 3.12 bits per heavy atom. The fraction of sp³-hybridized carbons (Fsp3) is 0.545. The molecule has 2 heterocycles. The van der Waals surface area contributed by atoms with Crippen LogP contribution in [0.25, 0.3) is 0 Å². The zero-order valence-corrected chi connectivity index (χ0v) is 11.5. The monoisotopic (exact) mass is 304 g/mol. The van der Waals surface area contributed by atoms with Crippen LogP contribution < -0.4 is 4.90 Å². The minimum absolute atomic E-state index is 0.304. The zero-order chi connectivity index (χ0) is 11.5. The maximum Gasteiger partial charge on any atom is 0.143 e. The number of halogens is 2. The van der Waals surface area contributed by atoms with Gasteiger partial charge in [0.05, 0.1) is 15.6 Å². The van der Waals surface area contributed by atoms with Gasteiger partial charge in [0.2, 0.25) is 0 Å². The van der Waals surface area contributed by atoms with Crippen LogP contribution in [-0.4, -0.2) is 31.3 Å². The Hall–Kier alpha value is -0.320. The van der Waals surface area contributed by atoms with Gasteiger partial charge in [0.15, 0.2) is 0 Å². The lowest BCUT2D eigenvalue weighted by Gasteiger charge is -2.33. The average Bonchev–Trinajstić information content (AvgIpc) is 2.29. The third-order valence-corrected chi connectivity index (χ3v) is 3.59. The highest BCUT2D eigenvalue weighted by molar-refractivity contribution is 9.10. The number of hydrogen-bond donors (Lipinski definition) is 0. The van der Waals surface area contributed by atoms with Crippen LogP contribution >= 0.6 is 27.5 Å². The summed E-state index contributed by atoms with van der Waals surface area (Å²) in [5, 5.41) is 0.649. The molecule has 0 aromatic carbocycles. The molecule has 1 aromatic heterocycles. The molecule has 1 aliphatic heterocycles. The maximum absolute atomic E-state index is 5.88. The number of aromatic nitrogens is 1. The van der Waals surface area contributed by atoms with Gasteiger partial charge in [-0.15, -0.1) is 0 Å². The van der Waals surface area contributed by atoms with Crippen LogP contribution in [-0.2, 0) is 4.74 Å². The van der Waals surface area contributed by atoms with E-state index in [2.05, 4.69) is 25.8 Å². The summed E-state index contributed by atoms with van der Waals surface area (Å²) >= 11 is 9.37. The number of ether oxygens (including phenoxy) is 1. The highest BCUT2D eigenvalue weighted by Gasteiger charge is 2.21. The van der Waals surface area contributed by atoms with E-state index in [1.165, 1.54) is 0 Å². The van der Waals surface area contributed by atoms with Crippen molar-refractivity contribution in [1.82, 2.24) is 4.98 Å². The van der Waals surface area contributed by atoms with Crippen molar-refractivity contribution in [3.8, 4) is 0 Å². The molecule has 2 rings (SSSR count). The number of piperidine rings is 1. The first-order chi connectivity index (χ1) is 7.70. The third-order valence-electron chi connectivity index (χ3n) is 2.80. The van der Waals surface area contributed by atoms with Crippen molar-refractivity contribution in [2.24, 2.45) is 0 Å². The summed E-state index contributed by atoms with van der Waals surface area (Å²) in [4.78, 5) is 6.60. The molecule has 1 atom stereocenters. The van der Waals surface area contributed by atoms with Gasteiger partial charge in [0, 0.05) is 26.4 Å². The molecule has 0 N–H and O–H groups in total. The van der Waals surface area contributed by atoms with Crippen LogP contribution in [0.3, 0.4) is 0 Å². The van der Waals surface area contributed by atoms with Gasteiger partial charge in [0.1, 0.15) is 5.82 Å². The van der Waals surface area contributed by atoms with Gasteiger partial charge in [-0.05, 0) is 34.8 Å². The molecular formula is C11H14BrClN2O. The van der Waals surface area contributed by atoms with E-state index in [1.54, 1.807) is 13.3 Å². The van der Waals surface area contributed by atoms with Crippen LogP contribution in [0.15, 0.2) is 16.7 Å². The summed E-state index contributed by atoms with van der Waals surface area (Å²) in [7, 11) is 1.76. The molecule has 16 heavy (non-hydrogen) atoms. The molecule has 0 aliphatic carbocycles. The van der Waals surface area contributed by atoms with Crippen molar-refractivity contribution < 1.29 is 4.74 Å². The Bertz CT molecular complexity index is 375. The summed E-state index contributed by atoms with van der Waals surface area (Å²) in [6, 6.07) is 1.88. The van der Waals surface area contributed by atoms with Crippen LogP contribution in [0.2, 0.25) is 5.02 Å².